The van der Waals surface area contributed by atoms with Crippen molar-refractivity contribution >= 4 is 11.8 Å². The van der Waals surface area contributed by atoms with Crippen LogP contribution in [0.3, 0.4) is 0 Å². The average Bonchev–Trinajstić information content (AvgIpc) is 3.45. The van der Waals surface area contributed by atoms with E-state index in [0.29, 0.717) is 31.2 Å². The second-order valence-electron chi connectivity index (χ2n) is 8.36. The van der Waals surface area contributed by atoms with Gasteiger partial charge in [0.2, 0.25) is 11.8 Å². The normalized spacial score (nSPS) is 27.3. The van der Waals surface area contributed by atoms with Crippen molar-refractivity contribution in [2.24, 2.45) is 23.0 Å². The molecule has 1 heterocycles. The molecule has 1 saturated heterocycles. The molecule has 5 nitrogen and oxygen atoms in total. The number of nitrogens with one attached hydrogen (secondary N) is 1. The number of rotatable bonds is 6. The van der Waals surface area contributed by atoms with E-state index >= 15 is 0 Å². The molecular weight excluding hydrogens is 333 g/mol. The first-order valence-electron chi connectivity index (χ1n) is 9.47. The molecule has 0 spiro atoms. The minimum Gasteiger partial charge on any atom is -0.369 e. The van der Waals surface area contributed by atoms with E-state index in [0.717, 1.165) is 24.2 Å². The van der Waals surface area contributed by atoms with Crippen LogP contribution in [0, 0.1) is 30.0 Å². The van der Waals surface area contributed by atoms with Crippen LogP contribution in [0.4, 0.5) is 4.39 Å². The summed E-state index contributed by atoms with van der Waals surface area (Å²) in [5.74, 6) is 0.118. The summed E-state index contributed by atoms with van der Waals surface area (Å²) >= 11 is 0. The number of primary amides is 1. The summed E-state index contributed by atoms with van der Waals surface area (Å²) in [7, 11) is 0. The van der Waals surface area contributed by atoms with Crippen molar-refractivity contribution in [2.75, 3.05) is 13.1 Å². The molecular formula is C20H26FN3O2. The van der Waals surface area contributed by atoms with E-state index in [9.17, 15) is 14.0 Å². The van der Waals surface area contributed by atoms with Gasteiger partial charge >= 0.3 is 0 Å². The predicted molar refractivity (Wildman–Crippen MR) is 95.4 cm³/mol. The summed E-state index contributed by atoms with van der Waals surface area (Å²) in [5.41, 5.74) is 6.33. The van der Waals surface area contributed by atoms with Crippen LogP contribution < -0.4 is 11.1 Å². The fraction of sp³-hybridized carbons (Fsp3) is 0.600. The molecule has 0 bridgehead atoms. The lowest BCUT2D eigenvalue weighted by Crippen LogP contribution is -2.48. The largest absolute Gasteiger partial charge is 0.369 e. The molecule has 26 heavy (non-hydrogen) atoms. The Bertz CT molecular complexity index is 722. The Morgan fingerprint density at radius 2 is 2.00 bits per heavy atom. The highest BCUT2D eigenvalue weighted by Gasteiger charge is 2.56. The van der Waals surface area contributed by atoms with Gasteiger partial charge in [0.1, 0.15) is 11.2 Å². The molecule has 140 valence electrons. The molecule has 6 heteroatoms. The quantitative estimate of drug-likeness (QED) is 0.760. The molecule has 1 aliphatic heterocycles. The van der Waals surface area contributed by atoms with Gasteiger partial charge in [0, 0.05) is 25.7 Å². The monoisotopic (exact) mass is 359 g/mol. The number of benzene rings is 1. The highest BCUT2D eigenvalue weighted by atomic mass is 19.1. The number of halogens is 1. The lowest BCUT2D eigenvalue weighted by atomic mass is 9.96. The zero-order valence-corrected chi connectivity index (χ0v) is 15.1. The minimum atomic E-state index is -0.971. The van der Waals surface area contributed by atoms with Crippen LogP contribution in [-0.2, 0) is 16.1 Å². The Hall–Kier alpha value is -1.95. The van der Waals surface area contributed by atoms with Crippen LogP contribution in [0.2, 0.25) is 0 Å². The van der Waals surface area contributed by atoms with Crippen LogP contribution in [0.15, 0.2) is 18.2 Å². The molecule has 2 saturated carbocycles. The number of likely N-dealkylation sites (tertiary alicyclic amines) is 1. The number of nitrogens with zero attached hydrogens (tertiary/aromatic N) is 1. The van der Waals surface area contributed by atoms with Crippen LogP contribution in [0.1, 0.15) is 36.8 Å². The van der Waals surface area contributed by atoms with Crippen molar-refractivity contribution in [1.29, 1.82) is 0 Å². The third-order valence-electron chi connectivity index (χ3n) is 6.15. The molecule has 0 unspecified atom stereocenters. The van der Waals surface area contributed by atoms with Crippen LogP contribution in [0.5, 0.6) is 0 Å². The number of aryl methyl sites for hydroxylation is 1. The van der Waals surface area contributed by atoms with Gasteiger partial charge in [0.05, 0.1) is 0 Å². The minimum absolute atomic E-state index is 0.0430. The molecule has 1 aromatic rings. The Kier molecular flexibility index (Phi) is 4.26. The number of amides is 2. The van der Waals surface area contributed by atoms with Crippen LogP contribution in [0.25, 0.3) is 0 Å². The van der Waals surface area contributed by atoms with Crippen molar-refractivity contribution in [3.05, 3.63) is 35.1 Å². The van der Waals surface area contributed by atoms with Crippen molar-refractivity contribution in [1.82, 2.24) is 10.2 Å². The molecule has 2 amide bonds. The molecule has 0 radical (unpaired) electrons. The Labute approximate surface area is 153 Å². The predicted octanol–water partition coefficient (Wildman–Crippen LogP) is 1.73. The zero-order valence-electron chi connectivity index (χ0n) is 15.1. The van der Waals surface area contributed by atoms with Gasteiger partial charge in [0.15, 0.2) is 0 Å². The third kappa shape index (κ3) is 3.34. The second kappa shape index (κ2) is 6.34. The Morgan fingerprint density at radius 1 is 1.27 bits per heavy atom. The van der Waals surface area contributed by atoms with Gasteiger partial charge in [-0.15, -0.1) is 0 Å². The fourth-order valence-corrected chi connectivity index (χ4v) is 4.38. The summed E-state index contributed by atoms with van der Waals surface area (Å²) in [6, 6.07) is 5.16. The first-order chi connectivity index (χ1) is 12.4. The number of carbonyl (C=O) groups excluding carboxylic acids is 2. The van der Waals surface area contributed by atoms with Gasteiger partial charge in [-0.3, -0.25) is 14.5 Å². The molecule has 3 fully saturated rings. The van der Waals surface area contributed by atoms with Crippen molar-refractivity contribution in [3.8, 4) is 0 Å². The lowest BCUT2D eigenvalue weighted by Gasteiger charge is -2.22. The van der Waals surface area contributed by atoms with Gasteiger partial charge in [-0.2, -0.15) is 0 Å². The van der Waals surface area contributed by atoms with Gasteiger partial charge in [0.25, 0.3) is 0 Å². The summed E-state index contributed by atoms with van der Waals surface area (Å²) < 4.78 is 13.7. The van der Waals surface area contributed by atoms with E-state index in [1.807, 2.05) is 13.0 Å². The summed E-state index contributed by atoms with van der Waals surface area (Å²) in [6.07, 6.45) is 3.51. The number of nitrogens with two attached hydrogens (primary N) is 1. The topological polar surface area (TPSA) is 75.4 Å². The molecule has 3 N–H and O–H groups in total. The first kappa shape index (κ1) is 17.5. The highest BCUT2D eigenvalue weighted by molar-refractivity contribution is 6.07. The summed E-state index contributed by atoms with van der Waals surface area (Å²) in [6.45, 7) is 4.20. The molecule has 1 aromatic carbocycles. The molecule has 2 aliphatic carbocycles. The fourth-order valence-electron chi connectivity index (χ4n) is 4.38. The first-order valence-corrected chi connectivity index (χ1v) is 9.47. The highest BCUT2D eigenvalue weighted by Crippen LogP contribution is 2.47. The van der Waals surface area contributed by atoms with E-state index in [1.165, 1.54) is 18.9 Å². The molecule has 4 rings (SSSR count). The maximum Gasteiger partial charge on any atom is 0.235 e. The summed E-state index contributed by atoms with van der Waals surface area (Å²) in [4.78, 5) is 26.5. The average molecular weight is 359 g/mol. The van der Waals surface area contributed by atoms with E-state index in [4.69, 9.17) is 5.73 Å². The smallest absolute Gasteiger partial charge is 0.235 e. The zero-order chi connectivity index (χ0) is 18.5. The molecule has 0 aromatic heterocycles. The third-order valence-corrected chi connectivity index (χ3v) is 6.15. The molecule has 2 atom stereocenters. The van der Waals surface area contributed by atoms with Gasteiger partial charge in [-0.1, -0.05) is 6.07 Å². The van der Waals surface area contributed by atoms with E-state index in [1.54, 1.807) is 6.07 Å². The maximum absolute atomic E-state index is 13.7. The number of hydrogen-bond donors (Lipinski definition) is 2. The van der Waals surface area contributed by atoms with E-state index in [-0.39, 0.29) is 17.8 Å². The SMILES string of the molecule is Cc1cc(F)cc(CN2C[C@@H](NC(=O)C3(C(N)=O)CC3)[C@H](C3CC3)C2)c1. The van der Waals surface area contributed by atoms with Gasteiger partial charge in [-0.05, 0) is 67.7 Å². The summed E-state index contributed by atoms with van der Waals surface area (Å²) in [5, 5.41) is 3.12. The second-order valence-corrected chi connectivity index (χ2v) is 8.36. The van der Waals surface area contributed by atoms with Gasteiger partial charge in [-0.25, -0.2) is 4.39 Å². The Balaban J connectivity index is 1.44. The number of hydrogen-bond acceptors (Lipinski definition) is 3. The molecule has 3 aliphatic rings. The van der Waals surface area contributed by atoms with E-state index in [2.05, 4.69) is 10.2 Å². The lowest BCUT2D eigenvalue weighted by molar-refractivity contribution is -0.136. The maximum atomic E-state index is 13.7. The van der Waals surface area contributed by atoms with Crippen molar-refractivity contribution in [3.63, 3.8) is 0 Å². The van der Waals surface area contributed by atoms with E-state index < -0.39 is 11.3 Å². The van der Waals surface area contributed by atoms with Crippen LogP contribution >= 0.6 is 0 Å². The standard InChI is InChI=1S/C20H26FN3O2/c1-12-6-13(8-15(21)7-12)9-24-10-16(14-2-3-14)17(11-24)23-19(26)20(4-5-20)18(22)25/h6-8,14,16-17H,2-5,9-11H2,1H3,(H2,22,25)(H,23,26)/t16-,17+/m0/s1. The number of carbonyl (C=O) groups is 2. The van der Waals surface area contributed by atoms with Gasteiger partial charge < -0.3 is 11.1 Å². The van der Waals surface area contributed by atoms with Crippen LogP contribution in [-0.4, -0.2) is 35.8 Å². The van der Waals surface area contributed by atoms with Crippen molar-refractivity contribution < 1.29 is 14.0 Å². The van der Waals surface area contributed by atoms with Crippen molar-refractivity contribution in [2.45, 2.75) is 45.2 Å². The Morgan fingerprint density at radius 3 is 2.58 bits per heavy atom.